The normalized spacial score (nSPS) is 15.5. The molecule has 5 nitrogen and oxygen atoms in total. The van der Waals surface area contributed by atoms with Gasteiger partial charge < -0.3 is 13.9 Å². The molecule has 32 heavy (non-hydrogen) atoms. The maximum atomic E-state index is 13.3. The van der Waals surface area contributed by atoms with Gasteiger partial charge in [0, 0.05) is 11.5 Å². The fourth-order valence-electron chi connectivity index (χ4n) is 4.21. The summed E-state index contributed by atoms with van der Waals surface area (Å²) in [6.45, 7) is 3.94. The molecule has 0 aliphatic carbocycles. The Hall–Kier alpha value is -3.86. The van der Waals surface area contributed by atoms with E-state index < -0.39 is 0 Å². The zero-order chi connectivity index (χ0) is 22.2. The van der Waals surface area contributed by atoms with Crippen molar-refractivity contribution >= 4 is 16.9 Å². The number of ether oxygens (including phenoxy) is 2. The Morgan fingerprint density at radius 3 is 2.41 bits per heavy atom. The lowest BCUT2D eigenvalue weighted by atomic mass is 9.85. The van der Waals surface area contributed by atoms with E-state index in [1.807, 2.05) is 68.4 Å². The summed E-state index contributed by atoms with van der Waals surface area (Å²) in [4.78, 5) is 25.6. The molecule has 0 saturated carbocycles. The van der Waals surface area contributed by atoms with Crippen LogP contribution in [-0.4, -0.2) is 12.1 Å². The third-order valence-corrected chi connectivity index (χ3v) is 5.62. The summed E-state index contributed by atoms with van der Waals surface area (Å²) in [5.41, 5.74) is 3.28. The average Bonchev–Trinajstić information content (AvgIpc) is 2.79. The van der Waals surface area contributed by atoms with Crippen LogP contribution in [-0.2, 0) is 4.79 Å². The van der Waals surface area contributed by atoms with Gasteiger partial charge in [-0.25, -0.2) is 0 Å². The van der Waals surface area contributed by atoms with Gasteiger partial charge in [-0.3, -0.25) is 9.59 Å². The summed E-state index contributed by atoms with van der Waals surface area (Å²) < 4.78 is 17.3. The molecule has 1 aliphatic heterocycles. The monoisotopic (exact) mass is 426 g/mol. The van der Waals surface area contributed by atoms with E-state index in [1.54, 1.807) is 12.1 Å². The third-order valence-electron chi connectivity index (χ3n) is 5.62. The van der Waals surface area contributed by atoms with Crippen LogP contribution in [0.1, 0.15) is 37.3 Å². The van der Waals surface area contributed by atoms with Gasteiger partial charge in [0.1, 0.15) is 23.3 Å². The number of carbonyl (C=O) groups excluding carboxylic acids is 1. The highest BCUT2D eigenvalue weighted by Gasteiger charge is 2.32. The van der Waals surface area contributed by atoms with E-state index >= 15 is 0 Å². The van der Waals surface area contributed by atoms with Crippen molar-refractivity contribution in [1.82, 2.24) is 0 Å². The molecule has 1 aromatic heterocycles. The van der Waals surface area contributed by atoms with Gasteiger partial charge in [-0.05, 0) is 49.2 Å². The highest BCUT2D eigenvalue weighted by atomic mass is 16.5. The predicted molar refractivity (Wildman–Crippen MR) is 122 cm³/mol. The summed E-state index contributed by atoms with van der Waals surface area (Å²) in [6, 6.07) is 20.4. The molecular formula is C27H22O5. The number of rotatable bonds is 4. The van der Waals surface area contributed by atoms with E-state index in [0.29, 0.717) is 22.3 Å². The lowest BCUT2D eigenvalue weighted by Gasteiger charge is -2.25. The first-order valence-electron chi connectivity index (χ1n) is 10.6. The van der Waals surface area contributed by atoms with Crippen molar-refractivity contribution in [3.05, 3.63) is 94.3 Å². The molecule has 0 N–H and O–H groups in total. The van der Waals surface area contributed by atoms with Gasteiger partial charge >= 0.3 is 5.97 Å². The molecule has 1 atom stereocenters. The summed E-state index contributed by atoms with van der Waals surface area (Å²) in [6.07, 6.45) is 1.73. The molecule has 0 fully saturated rings. The first-order chi connectivity index (χ1) is 15.5. The first-order valence-corrected chi connectivity index (χ1v) is 10.6. The first kappa shape index (κ1) is 20.1. The lowest BCUT2D eigenvalue weighted by molar-refractivity contribution is -0.135. The Morgan fingerprint density at radius 2 is 1.69 bits per heavy atom. The molecular weight excluding hydrogens is 404 g/mol. The molecule has 0 unspecified atom stereocenters. The minimum atomic E-state index is -0.312. The third kappa shape index (κ3) is 3.56. The second kappa shape index (κ2) is 8.00. The molecule has 3 aromatic carbocycles. The molecule has 0 amide bonds. The number of esters is 1. The SMILES string of the molecule is CC(C)Oc1ccc([C@H]2CC(=O)Oc3ccc4c(=O)c(-c5ccccc5)coc4c32)cc1. The molecule has 160 valence electrons. The zero-order valence-corrected chi connectivity index (χ0v) is 17.8. The van der Waals surface area contributed by atoms with E-state index in [1.165, 1.54) is 6.26 Å². The van der Waals surface area contributed by atoms with E-state index in [4.69, 9.17) is 13.9 Å². The maximum Gasteiger partial charge on any atom is 0.312 e. The Balaban J connectivity index is 1.65. The smallest absolute Gasteiger partial charge is 0.312 e. The number of fused-ring (bicyclic) bond motifs is 3. The Bertz CT molecular complexity index is 1350. The molecule has 2 heterocycles. The van der Waals surface area contributed by atoms with Gasteiger partial charge in [0.05, 0.1) is 23.5 Å². The van der Waals surface area contributed by atoms with E-state index in [2.05, 4.69) is 0 Å². The van der Waals surface area contributed by atoms with Gasteiger partial charge in [-0.15, -0.1) is 0 Å². The predicted octanol–water partition coefficient (Wildman–Crippen LogP) is 5.69. The minimum absolute atomic E-state index is 0.0725. The van der Waals surface area contributed by atoms with Crippen LogP contribution in [0.25, 0.3) is 22.1 Å². The Labute approximate surface area is 185 Å². The second-order valence-corrected chi connectivity index (χ2v) is 8.17. The van der Waals surface area contributed by atoms with Crippen LogP contribution in [0.15, 0.2) is 82.2 Å². The van der Waals surface area contributed by atoms with Crippen LogP contribution < -0.4 is 14.9 Å². The van der Waals surface area contributed by atoms with Crippen molar-refractivity contribution in [2.75, 3.05) is 0 Å². The molecule has 0 bridgehead atoms. The van der Waals surface area contributed by atoms with E-state index in [9.17, 15) is 9.59 Å². The molecule has 0 saturated heterocycles. The zero-order valence-electron chi connectivity index (χ0n) is 17.8. The van der Waals surface area contributed by atoms with Crippen LogP contribution in [0, 0.1) is 0 Å². The topological polar surface area (TPSA) is 65.7 Å². The fraction of sp³-hybridized carbons (Fsp3) is 0.185. The molecule has 5 heteroatoms. The van der Waals surface area contributed by atoms with Gasteiger partial charge in [0.2, 0.25) is 5.43 Å². The van der Waals surface area contributed by atoms with Gasteiger partial charge in [-0.2, -0.15) is 0 Å². The number of hydrogen-bond acceptors (Lipinski definition) is 5. The summed E-state index contributed by atoms with van der Waals surface area (Å²) in [7, 11) is 0. The average molecular weight is 426 g/mol. The second-order valence-electron chi connectivity index (χ2n) is 8.17. The minimum Gasteiger partial charge on any atom is -0.491 e. The molecule has 5 rings (SSSR count). The molecule has 1 aliphatic rings. The van der Waals surface area contributed by atoms with Crippen LogP contribution >= 0.6 is 0 Å². The van der Waals surface area contributed by atoms with Gasteiger partial charge in [-0.1, -0.05) is 42.5 Å². The van der Waals surface area contributed by atoms with Crippen molar-refractivity contribution in [1.29, 1.82) is 0 Å². The summed E-state index contributed by atoms with van der Waals surface area (Å²) in [5, 5.41) is 0.466. The van der Waals surface area contributed by atoms with Crippen molar-refractivity contribution in [3.63, 3.8) is 0 Å². The van der Waals surface area contributed by atoms with E-state index in [-0.39, 0.29) is 29.8 Å². The van der Waals surface area contributed by atoms with Crippen molar-refractivity contribution in [2.24, 2.45) is 0 Å². The van der Waals surface area contributed by atoms with Crippen molar-refractivity contribution in [3.8, 4) is 22.6 Å². The van der Waals surface area contributed by atoms with E-state index in [0.717, 1.165) is 22.4 Å². The highest BCUT2D eigenvalue weighted by Crippen LogP contribution is 2.43. The standard InChI is InChI=1S/C27H22O5/c1-16(2)31-19-10-8-18(9-11-19)21-14-24(28)32-23-13-12-20-26(29)22(15-30-27(20)25(21)23)17-6-4-3-5-7-17/h3-13,15-16,21H,14H2,1-2H3/t21-/m1/s1. The molecule has 0 radical (unpaired) electrons. The van der Waals surface area contributed by atoms with Crippen LogP contribution in [0.4, 0.5) is 0 Å². The maximum absolute atomic E-state index is 13.3. The van der Waals surface area contributed by atoms with Crippen LogP contribution in [0.5, 0.6) is 11.5 Å². The van der Waals surface area contributed by atoms with Crippen molar-refractivity contribution < 1.29 is 18.7 Å². The molecule has 0 spiro atoms. The fourth-order valence-corrected chi connectivity index (χ4v) is 4.21. The number of hydrogen-bond donors (Lipinski definition) is 0. The Morgan fingerprint density at radius 1 is 0.938 bits per heavy atom. The number of benzene rings is 3. The van der Waals surface area contributed by atoms with Gasteiger partial charge in [0.25, 0.3) is 0 Å². The molecule has 4 aromatic rings. The van der Waals surface area contributed by atoms with Crippen LogP contribution in [0.3, 0.4) is 0 Å². The Kier molecular flexibility index (Phi) is 5.02. The largest absolute Gasteiger partial charge is 0.491 e. The summed E-state index contributed by atoms with van der Waals surface area (Å²) >= 11 is 0. The summed E-state index contributed by atoms with van der Waals surface area (Å²) in [5.74, 6) is 0.595. The highest BCUT2D eigenvalue weighted by molar-refractivity contribution is 5.90. The quantitative estimate of drug-likeness (QED) is 0.310. The number of carbonyl (C=O) groups is 1. The van der Waals surface area contributed by atoms with Gasteiger partial charge in [0.15, 0.2) is 0 Å². The van der Waals surface area contributed by atoms with Crippen molar-refractivity contribution in [2.45, 2.75) is 32.3 Å². The lowest BCUT2D eigenvalue weighted by Crippen LogP contribution is -2.22. The van der Waals surface area contributed by atoms with Crippen LogP contribution in [0.2, 0.25) is 0 Å².